The van der Waals surface area contributed by atoms with Crippen LogP contribution in [0.25, 0.3) is 27.7 Å². The summed E-state index contributed by atoms with van der Waals surface area (Å²) >= 11 is 0. The van der Waals surface area contributed by atoms with Crippen LogP contribution >= 0.6 is 0 Å². The lowest BCUT2D eigenvalue weighted by Gasteiger charge is -2.14. The van der Waals surface area contributed by atoms with Gasteiger partial charge in [-0.1, -0.05) is 0 Å². The van der Waals surface area contributed by atoms with Crippen LogP contribution in [0.3, 0.4) is 0 Å². The maximum atomic E-state index is 12.3. The van der Waals surface area contributed by atoms with Gasteiger partial charge in [-0.25, -0.2) is 0 Å². The van der Waals surface area contributed by atoms with Gasteiger partial charge in [0.15, 0.2) is 0 Å². The quantitative estimate of drug-likeness (QED) is 0.518. The lowest BCUT2D eigenvalue weighted by Crippen LogP contribution is -2.28. The van der Waals surface area contributed by atoms with Gasteiger partial charge in [0.1, 0.15) is 22.8 Å². The highest BCUT2D eigenvalue weighted by Crippen LogP contribution is 2.43. The molecule has 0 radical (unpaired) electrons. The fourth-order valence-electron chi connectivity index (χ4n) is 3.71. The van der Waals surface area contributed by atoms with E-state index in [0.29, 0.717) is 11.5 Å². The van der Waals surface area contributed by atoms with E-state index in [9.17, 15) is 4.79 Å². The first-order chi connectivity index (χ1) is 14.8. The molecule has 0 saturated heterocycles. The van der Waals surface area contributed by atoms with E-state index in [1.165, 1.54) is 0 Å². The molecule has 1 heterocycles. The second kappa shape index (κ2) is 9.16. The van der Waals surface area contributed by atoms with Gasteiger partial charge in [-0.3, -0.25) is 4.79 Å². The maximum absolute atomic E-state index is 12.3. The molecule has 0 fully saturated rings. The Labute approximate surface area is 182 Å². The number of methoxy groups -OCH3 is 3. The number of benzene rings is 2. The van der Waals surface area contributed by atoms with Crippen LogP contribution in [0.4, 0.5) is 0 Å². The lowest BCUT2D eigenvalue weighted by molar-refractivity contribution is -0.116. The number of ether oxygens (including phenoxy) is 3. The molecule has 3 aromatic rings. The molecular formula is C25H29NO5. The van der Waals surface area contributed by atoms with Crippen molar-refractivity contribution in [2.45, 2.75) is 33.7 Å². The number of carbonyl (C=O) groups excluding carboxylic acids is 1. The molecule has 0 aliphatic carbocycles. The fraction of sp³-hybridized carbons (Fsp3) is 0.320. The molecule has 1 aromatic heterocycles. The third kappa shape index (κ3) is 4.38. The Balaban J connectivity index is 2.23. The van der Waals surface area contributed by atoms with E-state index in [4.69, 9.17) is 18.6 Å². The van der Waals surface area contributed by atoms with Crippen molar-refractivity contribution in [1.29, 1.82) is 0 Å². The number of amides is 1. The Bertz CT molecular complexity index is 1140. The summed E-state index contributed by atoms with van der Waals surface area (Å²) in [7, 11) is 4.88. The van der Waals surface area contributed by atoms with Gasteiger partial charge in [0, 0.05) is 39.8 Å². The SMILES string of the molecule is COc1ccc(OC)c(-c2coc3c(C)c(OC)c(/C(C)=C/C(=O)NC(C)C)cc23)c1. The molecule has 164 valence electrons. The van der Waals surface area contributed by atoms with Crippen LogP contribution in [0.2, 0.25) is 0 Å². The number of fused-ring (bicyclic) bond motifs is 1. The van der Waals surface area contributed by atoms with Crippen LogP contribution in [-0.2, 0) is 4.79 Å². The first-order valence-corrected chi connectivity index (χ1v) is 10.1. The summed E-state index contributed by atoms with van der Waals surface area (Å²) in [5, 5.41) is 3.79. The van der Waals surface area contributed by atoms with Gasteiger partial charge in [0.25, 0.3) is 0 Å². The monoisotopic (exact) mass is 423 g/mol. The van der Waals surface area contributed by atoms with Crippen LogP contribution < -0.4 is 19.5 Å². The average Bonchev–Trinajstić information content (AvgIpc) is 3.16. The highest BCUT2D eigenvalue weighted by molar-refractivity contribution is 6.02. The number of furan rings is 1. The van der Waals surface area contributed by atoms with Crippen molar-refractivity contribution in [3.8, 4) is 28.4 Å². The van der Waals surface area contributed by atoms with Crippen LogP contribution in [0.5, 0.6) is 17.2 Å². The highest BCUT2D eigenvalue weighted by atomic mass is 16.5. The summed E-state index contributed by atoms with van der Waals surface area (Å²) in [5.74, 6) is 1.96. The number of aryl methyl sites for hydroxylation is 1. The Kier molecular flexibility index (Phi) is 6.59. The van der Waals surface area contributed by atoms with Crippen molar-refractivity contribution >= 4 is 22.4 Å². The molecule has 31 heavy (non-hydrogen) atoms. The molecule has 0 saturated carbocycles. The van der Waals surface area contributed by atoms with Crippen molar-refractivity contribution in [3.63, 3.8) is 0 Å². The predicted molar refractivity (Wildman–Crippen MR) is 123 cm³/mol. The van der Waals surface area contributed by atoms with E-state index < -0.39 is 0 Å². The summed E-state index contributed by atoms with van der Waals surface area (Å²) in [4.78, 5) is 12.3. The van der Waals surface area contributed by atoms with Crippen molar-refractivity contribution in [3.05, 3.63) is 47.7 Å². The molecule has 0 atom stereocenters. The zero-order valence-corrected chi connectivity index (χ0v) is 19.1. The Morgan fingerprint density at radius 3 is 2.42 bits per heavy atom. The number of hydrogen-bond acceptors (Lipinski definition) is 5. The fourth-order valence-corrected chi connectivity index (χ4v) is 3.71. The topological polar surface area (TPSA) is 69.9 Å². The lowest BCUT2D eigenvalue weighted by atomic mass is 9.96. The smallest absolute Gasteiger partial charge is 0.244 e. The molecule has 6 heteroatoms. The molecule has 1 amide bonds. The molecular weight excluding hydrogens is 394 g/mol. The Morgan fingerprint density at radius 2 is 1.81 bits per heavy atom. The van der Waals surface area contributed by atoms with Gasteiger partial charge in [-0.2, -0.15) is 0 Å². The van der Waals surface area contributed by atoms with Crippen LogP contribution in [0.15, 0.2) is 41.0 Å². The van der Waals surface area contributed by atoms with Crippen molar-refractivity contribution < 1.29 is 23.4 Å². The summed E-state index contributed by atoms with van der Waals surface area (Å²) in [5.41, 5.74) is 4.94. The minimum absolute atomic E-state index is 0.0589. The molecule has 0 aliphatic heterocycles. The van der Waals surface area contributed by atoms with Crippen molar-refractivity contribution in [2.75, 3.05) is 21.3 Å². The number of allylic oxidation sites excluding steroid dienone is 1. The minimum Gasteiger partial charge on any atom is -0.497 e. The van der Waals surface area contributed by atoms with Crippen LogP contribution in [-0.4, -0.2) is 33.3 Å². The van der Waals surface area contributed by atoms with Gasteiger partial charge in [-0.05, 0) is 57.5 Å². The Morgan fingerprint density at radius 1 is 1.06 bits per heavy atom. The van der Waals surface area contributed by atoms with Gasteiger partial charge in [-0.15, -0.1) is 0 Å². The summed E-state index contributed by atoms with van der Waals surface area (Å²) < 4.78 is 22.6. The van der Waals surface area contributed by atoms with Gasteiger partial charge < -0.3 is 23.9 Å². The van der Waals surface area contributed by atoms with E-state index in [1.807, 2.05) is 52.0 Å². The molecule has 6 nitrogen and oxygen atoms in total. The van der Waals surface area contributed by atoms with E-state index in [1.54, 1.807) is 33.7 Å². The second-order valence-electron chi connectivity index (χ2n) is 7.67. The molecule has 0 bridgehead atoms. The summed E-state index contributed by atoms with van der Waals surface area (Å²) in [6.45, 7) is 7.70. The minimum atomic E-state index is -0.144. The van der Waals surface area contributed by atoms with E-state index in [-0.39, 0.29) is 11.9 Å². The van der Waals surface area contributed by atoms with Gasteiger partial charge >= 0.3 is 0 Å². The molecule has 1 N–H and O–H groups in total. The molecule has 0 unspecified atom stereocenters. The van der Waals surface area contributed by atoms with E-state index in [2.05, 4.69) is 5.32 Å². The number of nitrogens with one attached hydrogen (secondary N) is 1. The van der Waals surface area contributed by atoms with Gasteiger partial charge in [0.2, 0.25) is 5.91 Å². The van der Waals surface area contributed by atoms with Gasteiger partial charge in [0.05, 0.1) is 27.6 Å². The summed E-state index contributed by atoms with van der Waals surface area (Å²) in [6, 6.07) is 7.69. The molecule has 0 spiro atoms. The average molecular weight is 424 g/mol. The Hall–Kier alpha value is -3.41. The third-order valence-electron chi connectivity index (χ3n) is 5.15. The number of carbonyl (C=O) groups is 1. The number of hydrogen-bond donors (Lipinski definition) is 1. The first-order valence-electron chi connectivity index (χ1n) is 10.1. The van der Waals surface area contributed by atoms with Crippen molar-refractivity contribution in [1.82, 2.24) is 5.32 Å². The maximum Gasteiger partial charge on any atom is 0.244 e. The predicted octanol–water partition coefficient (Wildman–Crippen LogP) is 5.36. The summed E-state index contributed by atoms with van der Waals surface area (Å²) in [6.07, 6.45) is 3.30. The number of rotatable bonds is 7. The molecule has 0 aliphatic rings. The van der Waals surface area contributed by atoms with Crippen LogP contribution in [0, 0.1) is 6.92 Å². The van der Waals surface area contributed by atoms with E-state index >= 15 is 0 Å². The normalized spacial score (nSPS) is 11.7. The van der Waals surface area contributed by atoms with E-state index in [0.717, 1.165) is 44.5 Å². The molecule has 3 rings (SSSR count). The van der Waals surface area contributed by atoms with Crippen molar-refractivity contribution in [2.24, 2.45) is 0 Å². The standard InChI is InChI=1S/C25H29NO5/c1-14(2)26-23(27)10-15(3)18-12-20-21(13-31-25(20)16(4)24(18)30-7)19-11-17(28-5)8-9-22(19)29-6/h8-14H,1-7H3,(H,26,27)/b15-10+. The van der Waals surface area contributed by atoms with Crippen LogP contribution in [0.1, 0.15) is 31.9 Å². The first kappa shape index (κ1) is 22.3. The zero-order chi connectivity index (χ0) is 22.7. The third-order valence-corrected chi connectivity index (χ3v) is 5.15. The molecule has 2 aromatic carbocycles. The largest absolute Gasteiger partial charge is 0.497 e. The highest BCUT2D eigenvalue weighted by Gasteiger charge is 2.20. The zero-order valence-electron chi connectivity index (χ0n) is 19.1. The second-order valence-corrected chi connectivity index (χ2v) is 7.67.